The van der Waals surface area contributed by atoms with Crippen LogP contribution < -0.4 is 0 Å². The van der Waals surface area contributed by atoms with Gasteiger partial charge in [-0.2, -0.15) is 22.7 Å². The molecule has 0 saturated heterocycles. The molecule has 8 heteroatoms. The number of halogens is 3. The van der Waals surface area contributed by atoms with Crippen molar-refractivity contribution in [2.45, 2.75) is 13.1 Å². The fraction of sp³-hybridized carbons (Fsp3) is 0.167. The van der Waals surface area contributed by atoms with E-state index in [4.69, 9.17) is 0 Å². The first-order chi connectivity index (χ1) is 9.45. The third-order valence-corrected chi connectivity index (χ3v) is 2.67. The first-order valence-electron chi connectivity index (χ1n) is 5.67. The highest BCUT2D eigenvalue weighted by Crippen LogP contribution is 2.28. The van der Waals surface area contributed by atoms with Crippen LogP contribution in [-0.4, -0.2) is 24.6 Å². The van der Waals surface area contributed by atoms with Gasteiger partial charge in [-0.3, -0.25) is 4.98 Å². The van der Waals surface area contributed by atoms with Crippen LogP contribution in [0.15, 0.2) is 30.6 Å². The number of nitrogens with zero attached hydrogens (tertiary/aromatic N) is 5. The fourth-order valence-corrected chi connectivity index (χ4v) is 1.84. The second kappa shape index (κ2) is 4.26. The van der Waals surface area contributed by atoms with Gasteiger partial charge in [0.2, 0.25) is 0 Å². The van der Waals surface area contributed by atoms with Crippen LogP contribution in [-0.2, 0) is 6.18 Å². The van der Waals surface area contributed by atoms with Gasteiger partial charge in [0, 0.05) is 23.7 Å². The maximum atomic E-state index is 12.7. The van der Waals surface area contributed by atoms with Crippen LogP contribution in [0.1, 0.15) is 11.5 Å². The lowest BCUT2D eigenvalue weighted by atomic mass is 10.2. The van der Waals surface area contributed by atoms with Gasteiger partial charge in [-0.15, -0.1) is 5.10 Å². The predicted molar refractivity (Wildman–Crippen MR) is 63.8 cm³/mol. The number of hydrogen-bond acceptors (Lipinski definition) is 4. The molecular formula is C12H8F3N5. The first-order valence-corrected chi connectivity index (χ1v) is 5.67. The van der Waals surface area contributed by atoms with E-state index in [1.165, 1.54) is 0 Å². The fourth-order valence-electron chi connectivity index (χ4n) is 1.84. The van der Waals surface area contributed by atoms with E-state index in [1.807, 2.05) is 0 Å². The van der Waals surface area contributed by atoms with Crippen LogP contribution >= 0.6 is 0 Å². The molecule has 3 aromatic heterocycles. The van der Waals surface area contributed by atoms with E-state index in [0.717, 1.165) is 4.52 Å². The predicted octanol–water partition coefficient (Wildman–Crippen LogP) is 2.51. The molecule has 5 nitrogen and oxygen atoms in total. The molecule has 0 unspecified atom stereocenters. The van der Waals surface area contributed by atoms with Crippen molar-refractivity contribution in [1.82, 2.24) is 24.6 Å². The minimum Gasteiger partial charge on any atom is -0.265 e. The molecule has 0 aliphatic heterocycles. The van der Waals surface area contributed by atoms with E-state index in [0.29, 0.717) is 17.0 Å². The number of aromatic nitrogens is 5. The number of pyridine rings is 1. The van der Waals surface area contributed by atoms with Gasteiger partial charge in [0.25, 0.3) is 11.6 Å². The van der Waals surface area contributed by atoms with Gasteiger partial charge >= 0.3 is 6.18 Å². The Morgan fingerprint density at radius 2 is 1.80 bits per heavy atom. The van der Waals surface area contributed by atoms with Crippen molar-refractivity contribution in [3.63, 3.8) is 0 Å². The molecule has 0 bridgehead atoms. The van der Waals surface area contributed by atoms with E-state index < -0.39 is 12.0 Å². The Hall–Kier alpha value is -2.51. The maximum absolute atomic E-state index is 12.7. The average molecular weight is 279 g/mol. The molecule has 3 aromatic rings. The molecular weight excluding hydrogens is 271 g/mol. The van der Waals surface area contributed by atoms with Crippen molar-refractivity contribution >= 4 is 5.78 Å². The lowest BCUT2D eigenvalue weighted by molar-refractivity contribution is -0.144. The van der Waals surface area contributed by atoms with Gasteiger partial charge in [0.15, 0.2) is 0 Å². The summed E-state index contributed by atoms with van der Waals surface area (Å²) in [6.45, 7) is 1.69. The van der Waals surface area contributed by atoms with Crippen LogP contribution in [0, 0.1) is 6.92 Å². The number of hydrogen-bond donors (Lipinski definition) is 0. The van der Waals surface area contributed by atoms with E-state index >= 15 is 0 Å². The Bertz CT molecular complexity index is 764. The molecule has 0 atom stereocenters. The Labute approximate surface area is 111 Å². The van der Waals surface area contributed by atoms with E-state index in [1.54, 1.807) is 37.5 Å². The standard InChI is InChI=1S/C12H8F3N5/c1-7-6-9(8-2-4-16-5-3-8)20-11(17-7)18-10(19-20)12(13,14)15/h2-6H,1H3. The highest BCUT2D eigenvalue weighted by molar-refractivity contribution is 5.61. The zero-order valence-electron chi connectivity index (χ0n) is 10.3. The Kier molecular flexibility index (Phi) is 2.66. The molecule has 0 amide bonds. The van der Waals surface area contributed by atoms with Crippen LogP contribution in [0.3, 0.4) is 0 Å². The zero-order valence-corrected chi connectivity index (χ0v) is 10.3. The molecule has 0 aliphatic carbocycles. The Balaban J connectivity index is 2.29. The van der Waals surface area contributed by atoms with Crippen molar-refractivity contribution in [2.75, 3.05) is 0 Å². The number of rotatable bonds is 1. The third kappa shape index (κ3) is 2.09. The second-order valence-corrected chi connectivity index (χ2v) is 4.16. The summed E-state index contributed by atoms with van der Waals surface area (Å²) in [5.41, 5.74) is 1.73. The van der Waals surface area contributed by atoms with Crippen LogP contribution in [0.5, 0.6) is 0 Å². The minimum absolute atomic E-state index is 0.0795. The molecule has 102 valence electrons. The quantitative estimate of drug-likeness (QED) is 0.686. The summed E-state index contributed by atoms with van der Waals surface area (Å²) in [6.07, 6.45) is -1.49. The van der Waals surface area contributed by atoms with Crippen LogP contribution in [0.25, 0.3) is 17.0 Å². The molecule has 3 heterocycles. The van der Waals surface area contributed by atoms with Gasteiger partial charge < -0.3 is 0 Å². The molecule has 0 saturated carbocycles. The van der Waals surface area contributed by atoms with Crippen molar-refractivity contribution in [3.05, 3.63) is 42.1 Å². The summed E-state index contributed by atoms with van der Waals surface area (Å²) in [5.74, 6) is -1.28. The maximum Gasteiger partial charge on any atom is 0.453 e. The SMILES string of the molecule is Cc1cc(-c2ccncc2)n2nc(C(F)(F)F)nc2n1. The van der Waals surface area contributed by atoms with Crippen LogP contribution in [0.2, 0.25) is 0 Å². The molecule has 0 aromatic carbocycles. The molecule has 20 heavy (non-hydrogen) atoms. The van der Waals surface area contributed by atoms with Gasteiger partial charge in [0.1, 0.15) is 0 Å². The van der Waals surface area contributed by atoms with Crippen LogP contribution in [0.4, 0.5) is 13.2 Å². The highest BCUT2D eigenvalue weighted by atomic mass is 19.4. The van der Waals surface area contributed by atoms with E-state index in [-0.39, 0.29) is 5.78 Å². The van der Waals surface area contributed by atoms with Gasteiger partial charge in [-0.1, -0.05) is 0 Å². The Morgan fingerprint density at radius 3 is 2.45 bits per heavy atom. The minimum atomic E-state index is -4.60. The summed E-state index contributed by atoms with van der Waals surface area (Å²) >= 11 is 0. The molecule has 0 aliphatic rings. The molecule has 0 N–H and O–H groups in total. The smallest absolute Gasteiger partial charge is 0.265 e. The van der Waals surface area contributed by atoms with Gasteiger partial charge in [-0.05, 0) is 25.1 Å². The van der Waals surface area contributed by atoms with Crippen molar-refractivity contribution < 1.29 is 13.2 Å². The monoisotopic (exact) mass is 279 g/mol. The summed E-state index contributed by atoms with van der Waals surface area (Å²) in [6, 6.07) is 5.02. The molecule has 0 radical (unpaired) electrons. The zero-order chi connectivity index (χ0) is 14.3. The van der Waals surface area contributed by atoms with Crippen molar-refractivity contribution in [3.8, 4) is 11.3 Å². The lowest BCUT2D eigenvalue weighted by Gasteiger charge is -2.04. The highest BCUT2D eigenvalue weighted by Gasteiger charge is 2.36. The number of aryl methyl sites for hydroxylation is 1. The number of fused-ring (bicyclic) bond motifs is 1. The van der Waals surface area contributed by atoms with Crippen molar-refractivity contribution in [2.24, 2.45) is 0 Å². The van der Waals surface area contributed by atoms with E-state index in [2.05, 4.69) is 20.1 Å². The molecule has 0 spiro atoms. The second-order valence-electron chi connectivity index (χ2n) is 4.16. The average Bonchev–Trinajstić information content (AvgIpc) is 2.82. The van der Waals surface area contributed by atoms with Crippen molar-refractivity contribution in [1.29, 1.82) is 0 Å². The lowest BCUT2D eigenvalue weighted by Crippen LogP contribution is -2.07. The van der Waals surface area contributed by atoms with Gasteiger partial charge in [0.05, 0.1) is 5.69 Å². The summed E-state index contributed by atoms with van der Waals surface area (Å²) < 4.78 is 39.1. The molecule has 0 fully saturated rings. The Morgan fingerprint density at radius 1 is 1.10 bits per heavy atom. The third-order valence-electron chi connectivity index (χ3n) is 2.67. The first kappa shape index (κ1) is 12.5. The molecule has 3 rings (SSSR count). The topological polar surface area (TPSA) is 56.0 Å². The summed E-state index contributed by atoms with van der Waals surface area (Å²) in [5, 5.41) is 3.50. The summed E-state index contributed by atoms with van der Waals surface area (Å²) in [7, 11) is 0. The summed E-state index contributed by atoms with van der Waals surface area (Å²) in [4.78, 5) is 11.3. The van der Waals surface area contributed by atoms with E-state index in [9.17, 15) is 13.2 Å². The normalized spacial score (nSPS) is 12.0. The largest absolute Gasteiger partial charge is 0.453 e. The van der Waals surface area contributed by atoms with Gasteiger partial charge in [-0.25, -0.2) is 4.98 Å². The number of alkyl halides is 3.